The van der Waals surface area contributed by atoms with Gasteiger partial charge >= 0.3 is 24.3 Å². The molecule has 1 heterocycles. The Hall–Kier alpha value is -2.76. The number of benzene rings is 2. The second-order valence-corrected chi connectivity index (χ2v) is 8.28. The van der Waals surface area contributed by atoms with E-state index in [1.54, 1.807) is 0 Å². The van der Waals surface area contributed by atoms with Crippen molar-refractivity contribution < 1.29 is 49.8 Å². The van der Waals surface area contributed by atoms with Crippen LogP contribution in [0.5, 0.6) is 0 Å². The van der Waals surface area contributed by atoms with E-state index in [4.69, 9.17) is 9.47 Å². The predicted molar refractivity (Wildman–Crippen MR) is 104 cm³/mol. The van der Waals surface area contributed by atoms with Gasteiger partial charge in [-0.1, -0.05) is 0 Å². The average Bonchev–Trinajstić information content (AvgIpc) is 3.10. The van der Waals surface area contributed by atoms with Gasteiger partial charge in [-0.2, -0.15) is 26.3 Å². The average molecular weight is 496 g/mol. The van der Waals surface area contributed by atoms with E-state index < -0.39 is 59.6 Å². The van der Waals surface area contributed by atoms with Crippen molar-refractivity contribution in [2.45, 2.75) is 29.9 Å². The van der Waals surface area contributed by atoms with Crippen LogP contribution in [-0.4, -0.2) is 41.8 Å². The fraction of sp³-hybridized carbons (Fsp3) is 0.333. The molecule has 0 unspecified atom stereocenters. The lowest BCUT2D eigenvalue weighted by atomic mass is 10.1. The zero-order valence-electron chi connectivity index (χ0n) is 16.5. The van der Waals surface area contributed by atoms with Crippen molar-refractivity contribution in [2.24, 2.45) is 0 Å². The molecule has 0 saturated carbocycles. The first-order valence-corrected chi connectivity index (χ1v) is 10.4. The first kappa shape index (κ1) is 24.9. The van der Waals surface area contributed by atoms with Crippen LogP contribution in [0.2, 0.25) is 0 Å². The minimum atomic E-state index is -4.59. The molecule has 1 fully saturated rings. The largest absolute Gasteiger partial charge is 0.461 e. The number of halogens is 7. The summed E-state index contributed by atoms with van der Waals surface area (Å²) in [6.45, 7) is -0.393. The maximum atomic E-state index is 14.2. The summed E-state index contributed by atoms with van der Waals surface area (Å²) in [5.74, 6) is -2.06. The van der Waals surface area contributed by atoms with Crippen LogP contribution < -0.4 is 0 Å². The molecule has 0 aromatic heterocycles. The van der Waals surface area contributed by atoms with Gasteiger partial charge < -0.3 is 9.47 Å². The van der Waals surface area contributed by atoms with Gasteiger partial charge in [0.2, 0.25) is 0 Å². The molecule has 0 amide bonds. The first-order chi connectivity index (χ1) is 15.4. The molecule has 0 radical (unpaired) electrons. The number of rotatable bonds is 5. The third kappa shape index (κ3) is 6.18. The lowest BCUT2D eigenvalue weighted by Crippen LogP contribution is -2.35. The Morgan fingerprint density at radius 1 is 0.818 bits per heavy atom. The van der Waals surface area contributed by atoms with Crippen LogP contribution in [0.4, 0.5) is 30.7 Å². The minimum absolute atomic E-state index is 0.0759. The topological polar surface area (TPSA) is 52.6 Å². The fourth-order valence-electron chi connectivity index (χ4n) is 2.95. The molecule has 0 spiro atoms. The van der Waals surface area contributed by atoms with Gasteiger partial charge in [0.25, 0.3) is 0 Å². The van der Waals surface area contributed by atoms with Crippen LogP contribution in [0, 0.1) is 0 Å². The van der Waals surface area contributed by atoms with Gasteiger partial charge in [-0.25, -0.2) is 14.0 Å². The summed E-state index contributed by atoms with van der Waals surface area (Å²) in [5.41, 5.74) is -2.28. The summed E-state index contributed by atoms with van der Waals surface area (Å²) >= 11 is 1.02. The highest BCUT2D eigenvalue weighted by Gasteiger charge is 2.41. The predicted octanol–water partition coefficient (Wildman–Crippen LogP) is 5.56. The fourth-order valence-corrected chi connectivity index (χ4v) is 4.15. The molecule has 0 aliphatic carbocycles. The summed E-state index contributed by atoms with van der Waals surface area (Å²) in [5, 5.41) is -0.809. The molecule has 1 saturated heterocycles. The lowest BCUT2D eigenvalue weighted by molar-refractivity contribution is -0.138. The van der Waals surface area contributed by atoms with Gasteiger partial charge in [-0.15, -0.1) is 11.8 Å². The van der Waals surface area contributed by atoms with E-state index in [9.17, 15) is 40.3 Å². The van der Waals surface area contributed by atoms with Crippen LogP contribution >= 0.6 is 11.8 Å². The number of hydrogen-bond donors (Lipinski definition) is 0. The second-order valence-electron chi connectivity index (χ2n) is 7.01. The second kappa shape index (κ2) is 9.62. The van der Waals surface area contributed by atoms with Crippen LogP contribution in [0.3, 0.4) is 0 Å². The molecule has 4 nitrogen and oxygen atoms in total. The van der Waals surface area contributed by atoms with Crippen LogP contribution in [0.15, 0.2) is 48.5 Å². The van der Waals surface area contributed by atoms with E-state index in [-0.39, 0.29) is 16.9 Å². The molecule has 2 aromatic rings. The molecule has 0 bridgehead atoms. The number of carbonyl (C=O) groups is 2. The minimum Gasteiger partial charge on any atom is -0.461 e. The summed E-state index contributed by atoms with van der Waals surface area (Å²) < 4.78 is 100. The van der Waals surface area contributed by atoms with Crippen LogP contribution in [0.25, 0.3) is 0 Å². The third-order valence-corrected chi connectivity index (χ3v) is 6.05. The Kier molecular flexibility index (Phi) is 7.25. The zero-order chi connectivity index (χ0) is 24.4. The highest BCUT2D eigenvalue weighted by atomic mass is 32.2. The van der Waals surface area contributed by atoms with Crippen LogP contribution in [-0.2, 0) is 21.8 Å². The van der Waals surface area contributed by atoms with E-state index >= 15 is 0 Å². The molecular formula is C21H15F7O4S. The van der Waals surface area contributed by atoms with Crippen molar-refractivity contribution in [1.82, 2.24) is 0 Å². The van der Waals surface area contributed by atoms with Crippen molar-refractivity contribution in [2.75, 3.05) is 12.4 Å². The molecule has 3 rings (SSSR count). The van der Waals surface area contributed by atoms with E-state index in [1.165, 1.54) is 0 Å². The van der Waals surface area contributed by atoms with Gasteiger partial charge in [0.1, 0.15) is 18.9 Å². The molecule has 0 N–H and O–H groups in total. The number of ether oxygens (including phenoxy) is 2. The summed E-state index contributed by atoms with van der Waals surface area (Å²) in [6.07, 6.45) is -12.1. The highest BCUT2D eigenvalue weighted by molar-refractivity contribution is 8.00. The highest BCUT2D eigenvalue weighted by Crippen LogP contribution is 2.34. The molecule has 2 aromatic carbocycles. The Morgan fingerprint density at radius 3 is 1.73 bits per heavy atom. The van der Waals surface area contributed by atoms with E-state index in [2.05, 4.69) is 0 Å². The van der Waals surface area contributed by atoms with Crippen LogP contribution in [0.1, 0.15) is 31.8 Å². The quantitative estimate of drug-likeness (QED) is 0.401. The first-order valence-electron chi connectivity index (χ1n) is 9.34. The van der Waals surface area contributed by atoms with Gasteiger partial charge in [0.05, 0.1) is 27.5 Å². The third-order valence-electron chi connectivity index (χ3n) is 4.71. The van der Waals surface area contributed by atoms with Gasteiger partial charge in [0.15, 0.2) is 0 Å². The van der Waals surface area contributed by atoms with Gasteiger partial charge in [0, 0.05) is 5.75 Å². The summed E-state index contributed by atoms with van der Waals surface area (Å²) in [4.78, 5) is 24.3. The molecule has 12 heteroatoms. The van der Waals surface area contributed by atoms with Crippen molar-refractivity contribution >= 4 is 23.7 Å². The van der Waals surface area contributed by atoms with Crippen molar-refractivity contribution in [3.63, 3.8) is 0 Å². The Morgan fingerprint density at radius 2 is 1.27 bits per heavy atom. The molecule has 33 heavy (non-hydrogen) atoms. The Bertz CT molecular complexity index is 988. The summed E-state index contributed by atoms with van der Waals surface area (Å²) in [6, 6.07) is 6.49. The summed E-state index contributed by atoms with van der Waals surface area (Å²) in [7, 11) is 0. The molecule has 1 aliphatic rings. The maximum absolute atomic E-state index is 14.2. The number of esters is 2. The monoisotopic (exact) mass is 496 g/mol. The van der Waals surface area contributed by atoms with Gasteiger partial charge in [-0.05, 0) is 48.5 Å². The zero-order valence-corrected chi connectivity index (χ0v) is 17.3. The smallest absolute Gasteiger partial charge is 0.416 e. The van der Waals surface area contributed by atoms with Gasteiger partial charge in [-0.3, -0.25) is 0 Å². The number of hydrogen-bond acceptors (Lipinski definition) is 5. The standard InChI is InChI=1S/C21H15F7O4S/c22-15-10-33-16(9-31-18(29)11-1-5-13(6-2-11)20(23,24)25)17(15)32-19(30)12-3-7-14(8-4-12)21(26,27)28/h1-8,15-17H,9-10H2/t15-,16-,17+/m1/s1. The Balaban J connectivity index is 1.59. The van der Waals surface area contributed by atoms with E-state index in [0.29, 0.717) is 24.3 Å². The normalized spacial score (nSPS) is 21.0. The molecule has 1 aliphatic heterocycles. The van der Waals surface area contributed by atoms with E-state index in [1.807, 2.05) is 0 Å². The molecule has 3 atom stereocenters. The SMILES string of the molecule is O=C(OC[C@H]1SC[C@@H](F)[C@@H]1OC(=O)c1ccc(C(F)(F)F)cc1)c1ccc(C(F)(F)F)cc1. The number of carbonyl (C=O) groups excluding carboxylic acids is 2. The van der Waals surface area contributed by atoms with Crippen molar-refractivity contribution in [3.05, 3.63) is 70.8 Å². The number of alkyl halides is 7. The van der Waals surface area contributed by atoms with E-state index in [0.717, 1.165) is 36.0 Å². The Labute approximate surface area is 187 Å². The maximum Gasteiger partial charge on any atom is 0.416 e. The lowest BCUT2D eigenvalue weighted by Gasteiger charge is -2.21. The van der Waals surface area contributed by atoms with Crippen molar-refractivity contribution in [1.29, 1.82) is 0 Å². The molecule has 178 valence electrons. The number of thioether (sulfide) groups is 1. The van der Waals surface area contributed by atoms with Crippen molar-refractivity contribution in [3.8, 4) is 0 Å². The molecular weight excluding hydrogens is 481 g/mol.